The van der Waals surface area contributed by atoms with Gasteiger partial charge in [-0.25, -0.2) is 0 Å². The zero-order chi connectivity index (χ0) is 20.8. The van der Waals surface area contributed by atoms with Gasteiger partial charge in [0.2, 0.25) is 5.91 Å². The summed E-state index contributed by atoms with van der Waals surface area (Å²) in [6.07, 6.45) is 7.64. The van der Waals surface area contributed by atoms with Crippen LogP contribution in [0, 0.1) is 23.7 Å². The molecule has 4 aliphatic carbocycles. The summed E-state index contributed by atoms with van der Waals surface area (Å²) in [5.41, 5.74) is 2.19. The van der Waals surface area contributed by atoms with Gasteiger partial charge < -0.3 is 10.2 Å². The molecule has 1 aliphatic heterocycles. The van der Waals surface area contributed by atoms with Crippen LogP contribution in [0.25, 0.3) is 0 Å². The van der Waals surface area contributed by atoms with E-state index in [1.54, 1.807) is 0 Å². The number of nitrogens with one attached hydrogen (secondary N) is 1. The van der Waals surface area contributed by atoms with Crippen LogP contribution in [0.2, 0.25) is 0 Å². The molecule has 4 bridgehead atoms. The molecule has 1 N–H and O–H groups in total. The van der Waals surface area contributed by atoms with E-state index in [0.717, 1.165) is 35.1 Å². The van der Waals surface area contributed by atoms with Gasteiger partial charge in [0.15, 0.2) is 5.17 Å². The van der Waals surface area contributed by atoms with E-state index in [-0.39, 0.29) is 11.9 Å². The minimum atomic E-state index is 0.0978. The maximum absolute atomic E-state index is 12.6. The maximum Gasteiger partial charge on any atom is 0.226 e. The van der Waals surface area contributed by atoms with Crippen LogP contribution in [0.5, 0.6) is 0 Å². The third-order valence-electron chi connectivity index (χ3n) is 7.97. The van der Waals surface area contributed by atoms with Gasteiger partial charge >= 0.3 is 0 Å². The van der Waals surface area contributed by atoms with Crippen molar-refractivity contribution in [3.63, 3.8) is 0 Å². The van der Waals surface area contributed by atoms with Crippen molar-refractivity contribution < 1.29 is 4.79 Å². The third-order valence-corrected chi connectivity index (χ3v) is 9.18. The SMILES string of the molecule is CC(C)c1ccc(NC(=O)CC2CSC(=NC3C4CC5CC(C4)CC3C5)N2C)cc1. The molecule has 0 aromatic heterocycles. The van der Waals surface area contributed by atoms with Gasteiger partial charge in [0.25, 0.3) is 0 Å². The predicted molar refractivity (Wildman–Crippen MR) is 126 cm³/mol. The number of anilines is 1. The van der Waals surface area contributed by atoms with Gasteiger partial charge in [0, 0.05) is 31.0 Å². The van der Waals surface area contributed by atoms with E-state index in [2.05, 4.69) is 43.2 Å². The molecule has 1 aromatic rings. The number of carbonyl (C=O) groups excluding carboxylic acids is 1. The number of carbonyl (C=O) groups is 1. The Morgan fingerprint density at radius 3 is 2.33 bits per heavy atom. The highest BCUT2D eigenvalue weighted by Crippen LogP contribution is 2.55. The Kier molecular flexibility index (Phi) is 5.59. The quantitative estimate of drug-likeness (QED) is 0.690. The summed E-state index contributed by atoms with van der Waals surface area (Å²) >= 11 is 1.85. The molecule has 0 spiro atoms. The fourth-order valence-electron chi connectivity index (χ4n) is 6.48. The number of thioether (sulfide) groups is 1. The Morgan fingerprint density at radius 1 is 1.10 bits per heavy atom. The van der Waals surface area contributed by atoms with Crippen molar-refractivity contribution in [2.24, 2.45) is 28.7 Å². The number of hydrogen-bond donors (Lipinski definition) is 1. The first-order chi connectivity index (χ1) is 14.5. The molecule has 5 fully saturated rings. The lowest BCUT2D eigenvalue weighted by molar-refractivity contribution is -0.116. The number of aliphatic imine (C=N–C) groups is 1. The van der Waals surface area contributed by atoms with Crippen molar-refractivity contribution in [1.82, 2.24) is 4.90 Å². The molecule has 1 saturated heterocycles. The normalized spacial score (nSPS) is 36.1. The molecule has 1 amide bonds. The Bertz CT molecular complexity index is 790. The van der Waals surface area contributed by atoms with Gasteiger partial charge in [-0.05, 0) is 79.4 Å². The second kappa shape index (κ2) is 8.22. The number of hydrogen-bond acceptors (Lipinski definition) is 3. The second-order valence-electron chi connectivity index (χ2n) is 10.4. The fraction of sp³-hybridized carbons (Fsp3) is 0.680. The summed E-state index contributed by atoms with van der Waals surface area (Å²) in [5.74, 6) is 5.18. The number of rotatable bonds is 5. The molecule has 1 heterocycles. The van der Waals surface area contributed by atoms with Crippen LogP contribution < -0.4 is 5.32 Å². The molecule has 5 aliphatic rings. The molecule has 162 valence electrons. The van der Waals surface area contributed by atoms with Crippen molar-refractivity contribution in [3.05, 3.63) is 29.8 Å². The van der Waals surface area contributed by atoms with Crippen LogP contribution in [0.1, 0.15) is 63.9 Å². The summed E-state index contributed by atoms with van der Waals surface area (Å²) in [4.78, 5) is 20.2. The lowest BCUT2D eigenvalue weighted by Crippen LogP contribution is -2.48. The van der Waals surface area contributed by atoms with E-state index < -0.39 is 0 Å². The Hall–Kier alpha value is -1.49. The van der Waals surface area contributed by atoms with Gasteiger partial charge in [-0.2, -0.15) is 0 Å². The first-order valence-corrected chi connectivity index (χ1v) is 12.8. The van der Waals surface area contributed by atoms with Crippen molar-refractivity contribution in [2.45, 2.75) is 70.4 Å². The largest absolute Gasteiger partial charge is 0.350 e. The zero-order valence-corrected chi connectivity index (χ0v) is 19.3. The van der Waals surface area contributed by atoms with Crippen LogP contribution >= 0.6 is 11.8 Å². The molecule has 4 saturated carbocycles. The number of amides is 1. The Balaban J connectivity index is 1.18. The lowest BCUT2D eigenvalue weighted by Gasteiger charge is -2.53. The zero-order valence-electron chi connectivity index (χ0n) is 18.5. The molecule has 4 nitrogen and oxygen atoms in total. The standard InChI is InChI=1S/C25H35N3OS/c1-15(2)18-4-6-21(7-5-18)26-23(29)13-22-14-30-25(28(22)3)27-24-19-9-16-8-17(11-19)12-20(24)10-16/h4-7,15-17,19-20,22,24H,8-14H2,1-3H3,(H,26,29). The molecular formula is C25H35N3OS. The number of benzene rings is 1. The van der Waals surface area contributed by atoms with E-state index in [4.69, 9.17) is 4.99 Å². The summed E-state index contributed by atoms with van der Waals surface area (Å²) in [6, 6.07) is 9.01. The smallest absolute Gasteiger partial charge is 0.226 e. The monoisotopic (exact) mass is 425 g/mol. The van der Waals surface area contributed by atoms with Crippen LogP contribution in [0.3, 0.4) is 0 Å². The van der Waals surface area contributed by atoms with Crippen LogP contribution in [0.15, 0.2) is 29.3 Å². The maximum atomic E-state index is 12.6. The average molecular weight is 426 g/mol. The van der Waals surface area contributed by atoms with Crippen molar-refractivity contribution in [2.75, 3.05) is 18.1 Å². The van der Waals surface area contributed by atoms with Crippen molar-refractivity contribution in [1.29, 1.82) is 0 Å². The Labute approximate surface area is 185 Å². The van der Waals surface area contributed by atoms with E-state index in [1.807, 2.05) is 23.9 Å². The molecule has 30 heavy (non-hydrogen) atoms. The summed E-state index contributed by atoms with van der Waals surface area (Å²) < 4.78 is 0. The highest BCUT2D eigenvalue weighted by atomic mass is 32.2. The van der Waals surface area contributed by atoms with Crippen LogP contribution in [-0.4, -0.2) is 40.9 Å². The summed E-state index contributed by atoms with van der Waals surface area (Å²) in [6.45, 7) is 4.37. The van der Waals surface area contributed by atoms with Crippen LogP contribution in [-0.2, 0) is 4.79 Å². The van der Waals surface area contributed by atoms with Gasteiger partial charge in [0.1, 0.15) is 0 Å². The van der Waals surface area contributed by atoms with Gasteiger partial charge in [0.05, 0.1) is 6.04 Å². The minimum absolute atomic E-state index is 0.0978. The number of nitrogens with zero attached hydrogens (tertiary/aromatic N) is 2. The third kappa shape index (κ3) is 4.02. The van der Waals surface area contributed by atoms with Gasteiger partial charge in [-0.3, -0.25) is 9.79 Å². The summed E-state index contributed by atoms with van der Waals surface area (Å²) in [7, 11) is 2.13. The summed E-state index contributed by atoms with van der Waals surface area (Å²) in [5, 5.41) is 4.25. The molecule has 1 unspecified atom stereocenters. The molecule has 6 rings (SSSR count). The van der Waals surface area contributed by atoms with E-state index in [0.29, 0.717) is 18.4 Å². The van der Waals surface area contributed by atoms with E-state index in [1.165, 1.54) is 42.8 Å². The van der Waals surface area contributed by atoms with Crippen molar-refractivity contribution >= 4 is 28.5 Å². The molecule has 1 atom stereocenters. The fourth-order valence-corrected chi connectivity index (χ4v) is 7.71. The van der Waals surface area contributed by atoms with E-state index in [9.17, 15) is 4.79 Å². The topological polar surface area (TPSA) is 44.7 Å². The molecule has 0 radical (unpaired) electrons. The predicted octanol–water partition coefficient (Wildman–Crippen LogP) is 5.37. The van der Waals surface area contributed by atoms with Crippen LogP contribution in [0.4, 0.5) is 5.69 Å². The highest BCUT2D eigenvalue weighted by molar-refractivity contribution is 8.14. The first-order valence-electron chi connectivity index (χ1n) is 11.8. The Morgan fingerprint density at radius 2 is 1.73 bits per heavy atom. The lowest BCUT2D eigenvalue weighted by atomic mass is 9.54. The molecular weight excluding hydrogens is 390 g/mol. The average Bonchev–Trinajstić information content (AvgIpc) is 3.04. The molecule has 5 heteroatoms. The van der Waals surface area contributed by atoms with E-state index >= 15 is 0 Å². The second-order valence-corrected chi connectivity index (χ2v) is 11.4. The first kappa shape index (κ1) is 20.4. The highest BCUT2D eigenvalue weighted by Gasteiger charge is 2.48. The minimum Gasteiger partial charge on any atom is -0.350 e. The number of amidine groups is 1. The van der Waals surface area contributed by atoms with Crippen molar-refractivity contribution in [3.8, 4) is 0 Å². The van der Waals surface area contributed by atoms with Gasteiger partial charge in [-0.15, -0.1) is 0 Å². The molecule has 1 aromatic carbocycles. The van der Waals surface area contributed by atoms with Gasteiger partial charge in [-0.1, -0.05) is 37.7 Å².